The van der Waals surface area contributed by atoms with Crippen LogP contribution in [0.2, 0.25) is 0 Å². The summed E-state index contributed by atoms with van der Waals surface area (Å²) in [5.74, 6) is -6.05. The van der Waals surface area contributed by atoms with Crippen molar-refractivity contribution in [2.24, 2.45) is 0 Å². The summed E-state index contributed by atoms with van der Waals surface area (Å²) in [5.41, 5.74) is -0.793. The third-order valence-corrected chi connectivity index (χ3v) is 4.16. The van der Waals surface area contributed by atoms with Gasteiger partial charge in [-0.05, 0) is 37.3 Å². The van der Waals surface area contributed by atoms with Gasteiger partial charge in [0.2, 0.25) is 0 Å². The van der Waals surface area contributed by atoms with Gasteiger partial charge in [-0.25, -0.2) is 26.0 Å². The Kier molecular flexibility index (Phi) is 4.79. The molecular formula is C14H11F4NO3S. The highest BCUT2D eigenvalue weighted by Crippen LogP contribution is 2.25. The topological polar surface area (TPSA) is 55.4 Å². The fourth-order valence-electron chi connectivity index (χ4n) is 1.73. The molecule has 0 unspecified atom stereocenters. The lowest BCUT2D eigenvalue weighted by molar-refractivity contribution is 0.321. The number of sulfonamides is 1. The van der Waals surface area contributed by atoms with E-state index in [1.165, 1.54) is 0 Å². The van der Waals surface area contributed by atoms with Crippen molar-refractivity contribution in [1.29, 1.82) is 0 Å². The Labute approximate surface area is 129 Å². The van der Waals surface area contributed by atoms with Crippen molar-refractivity contribution in [3.63, 3.8) is 0 Å². The van der Waals surface area contributed by atoms with Crippen molar-refractivity contribution in [3.8, 4) is 5.75 Å². The lowest BCUT2D eigenvalue weighted by Gasteiger charge is -2.11. The average molecular weight is 349 g/mol. The molecule has 0 aromatic heterocycles. The SMILES string of the molecule is CCOc1ccc(S(=O)(=O)Nc2ccc(F)c(F)c2F)cc1F. The van der Waals surface area contributed by atoms with Crippen LogP contribution in [0.25, 0.3) is 0 Å². The van der Waals surface area contributed by atoms with Crippen molar-refractivity contribution in [3.05, 3.63) is 53.6 Å². The Morgan fingerprint density at radius 1 is 1.00 bits per heavy atom. The molecule has 0 amide bonds. The Balaban J connectivity index is 2.36. The molecule has 1 N–H and O–H groups in total. The van der Waals surface area contributed by atoms with Crippen LogP contribution in [0.5, 0.6) is 5.75 Å². The number of nitrogens with one attached hydrogen (secondary N) is 1. The van der Waals surface area contributed by atoms with Crippen LogP contribution in [0.3, 0.4) is 0 Å². The molecule has 0 atom stereocenters. The van der Waals surface area contributed by atoms with Gasteiger partial charge in [-0.3, -0.25) is 4.72 Å². The van der Waals surface area contributed by atoms with Gasteiger partial charge in [-0.2, -0.15) is 0 Å². The molecule has 9 heteroatoms. The van der Waals surface area contributed by atoms with E-state index in [1.807, 2.05) is 0 Å². The number of hydrogen-bond donors (Lipinski definition) is 1. The first-order valence-corrected chi connectivity index (χ1v) is 7.83. The van der Waals surface area contributed by atoms with Crippen LogP contribution in [0.1, 0.15) is 6.92 Å². The van der Waals surface area contributed by atoms with Crippen molar-refractivity contribution in [2.75, 3.05) is 11.3 Å². The summed E-state index contributed by atoms with van der Waals surface area (Å²) in [6.07, 6.45) is 0. The molecule has 2 rings (SSSR count). The zero-order chi connectivity index (χ0) is 17.2. The number of benzene rings is 2. The van der Waals surface area contributed by atoms with Gasteiger partial charge in [0, 0.05) is 0 Å². The average Bonchev–Trinajstić information content (AvgIpc) is 2.50. The predicted molar refractivity (Wildman–Crippen MR) is 74.7 cm³/mol. The van der Waals surface area contributed by atoms with E-state index in [9.17, 15) is 26.0 Å². The van der Waals surface area contributed by atoms with Gasteiger partial charge in [0.25, 0.3) is 10.0 Å². The summed E-state index contributed by atoms with van der Waals surface area (Å²) in [6, 6.07) is 4.08. The van der Waals surface area contributed by atoms with E-state index in [4.69, 9.17) is 4.74 Å². The van der Waals surface area contributed by atoms with E-state index >= 15 is 0 Å². The van der Waals surface area contributed by atoms with E-state index in [0.717, 1.165) is 18.2 Å². The molecular weight excluding hydrogens is 338 g/mol. The van der Waals surface area contributed by atoms with Gasteiger partial charge in [0.05, 0.1) is 17.2 Å². The molecule has 0 aliphatic carbocycles. The number of ether oxygens (including phenoxy) is 1. The van der Waals surface area contributed by atoms with Crippen molar-refractivity contribution in [2.45, 2.75) is 11.8 Å². The zero-order valence-corrected chi connectivity index (χ0v) is 12.6. The summed E-state index contributed by atoms with van der Waals surface area (Å²) in [6.45, 7) is 1.80. The van der Waals surface area contributed by atoms with Crippen LogP contribution in [0.4, 0.5) is 23.2 Å². The molecule has 0 saturated heterocycles. The normalized spacial score (nSPS) is 11.3. The van der Waals surface area contributed by atoms with Crippen LogP contribution in [0.15, 0.2) is 35.2 Å². The van der Waals surface area contributed by atoms with Gasteiger partial charge in [0.15, 0.2) is 29.0 Å². The minimum atomic E-state index is -4.39. The quantitative estimate of drug-likeness (QED) is 0.665. The zero-order valence-electron chi connectivity index (χ0n) is 11.7. The summed E-state index contributed by atoms with van der Waals surface area (Å²) in [7, 11) is -4.39. The fraction of sp³-hybridized carbons (Fsp3) is 0.143. The first kappa shape index (κ1) is 17.1. The van der Waals surface area contributed by atoms with Crippen LogP contribution < -0.4 is 9.46 Å². The molecule has 0 spiro atoms. The first-order chi connectivity index (χ1) is 10.8. The Hall–Kier alpha value is -2.29. The van der Waals surface area contributed by atoms with E-state index in [1.54, 1.807) is 11.6 Å². The molecule has 2 aromatic rings. The first-order valence-electron chi connectivity index (χ1n) is 6.35. The van der Waals surface area contributed by atoms with Gasteiger partial charge in [-0.1, -0.05) is 0 Å². The van der Waals surface area contributed by atoms with E-state index in [-0.39, 0.29) is 12.4 Å². The van der Waals surface area contributed by atoms with E-state index in [2.05, 4.69) is 0 Å². The Morgan fingerprint density at radius 3 is 2.30 bits per heavy atom. The number of hydrogen-bond acceptors (Lipinski definition) is 3. The molecule has 0 radical (unpaired) electrons. The summed E-state index contributed by atoms with van der Waals surface area (Å²) in [4.78, 5) is -0.525. The standard InChI is InChI=1S/C14H11F4NO3S/c1-2-22-12-6-3-8(7-10(12)16)23(20,21)19-11-5-4-9(15)13(17)14(11)18/h3-7,19H,2H2,1H3. The summed E-state index contributed by atoms with van der Waals surface area (Å²) >= 11 is 0. The summed E-state index contributed by atoms with van der Waals surface area (Å²) in [5, 5.41) is 0. The molecule has 0 heterocycles. The lowest BCUT2D eigenvalue weighted by atomic mass is 10.3. The highest BCUT2D eigenvalue weighted by molar-refractivity contribution is 7.92. The molecule has 0 saturated carbocycles. The van der Waals surface area contributed by atoms with Crippen molar-refractivity contribution in [1.82, 2.24) is 0 Å². The fourth-order valence-corrected chi connectivity index (χ4v) is 2.80. The van der Waals surface area contributed by atoms with Gasteiger partial charge in [-0.15, -0.1) is 0 Å². The molecule has 0 bridgehead atoms. The van der Waals surface area contributed by atoms with Crippen LogP contribution in [-0.4, -0.2) is 15.0 Å². The van der Waals surface area contributed by atoms with Gasteiger partial charge < -0.3 is 4.74 Å². The number of anilines is 1. The third kappa shape index (κ3) is 3.55. The highest BCUT2D eigenvalue weighted by Gasteiger charge is 2.21. The van der Waals surface area contributed by atoms with Crippen molar-refractivity contribution < 1.29 is 30.7 Å². The predicted octanol–water partition coefficient (Wildman–Crippen LogP) is 3.44. The van der Waals surface area contributed by atoms with Gasteiger partial charge in [0.1, 0.15) is 0 Å². The van der Waals surface area contributed by atoms with Crippen LogP contribution >= 0.6 is 0 Å². The molecule has 23 heavy (non-hydrogen) atoms. The smallest absolute Gasteiger partial charge is 0.262 e. The maximum absolute atomic E-state index is 13.7. The van der Waals surface area contributed by atoms with Crippen molar-refractivity contribution >= 4 is 15.7 Å². The second-order valence-electron chi connectivity index (χ2n) is 4.35. The minimum Gasteiger partial charge on any atom is -0.491 e. The number of halogens is 4. The third-order valence-electron chi connectivity index (χ3n) is 2.79. The molecule has 0 aliphatic heterocycles. The Bertz CT molecular complexity index is 840. The monoisotopic (exact) mass is 349 g/mol. The summed E-state index contributed by atoms with van der Waals surface area (Å²) < 4.78 is 84.0. The highest BCUT2D eigenvalue weighted by atomic mass is 32.2. The maximum atomic E-state index is 13.7. The molecule has 4 nitrogen and oxygen atoms in total. The molecule has 0 fully saturated rings. The largest absolute Gasteiger partial charge is 0.491 e. The molecule has 0 aliphatic rings. The molecule has 2 aromatic carbocycles. The second-order valence-corrected chi connectivity index (χ2v) is 6.04. The Morgan fingerprint density at radius 2 is 1.70 bits per heavy atom. The molecule has 124 valence electrons. The van der Waals surface area contributed by atoms with Gasteiger partial charge >= 0.3 is 0 Å². The van der Waals surface area contributed by atoms with Crippen LogP contribution in [-0.2, 0) is 10.0 Å². The maximum Gasteiger partial charge on any atom is 0.262 e. The number of rotatable bonds is 5. The van der Waals surface area contributed by atoms with Crippen LogP contribution in [0, 0.1) is 23.3 Å². The van der Waals surface area contributed by atoms with E-state index in [0.29, 0.717) is 12.1 Å². The lowest BCUT2D eigenvalue weighted by Crippen LogP contribution is -2.15. The van der Waals surface area contributed by atoms with E-state index < -0.39 is 43.9 Å². The minimum absolute atomic E-state index is 0.148. The second kappa shape index (κ2) is 6.45.